The van der Waals surface area contributed by atoms with E-state index in [2.05, 4.69) is 17.2 Å². The Hall–Kier alpha value is -1.79. The van der Waals surface area contributed by atoms with E-state index in [9.17, 15) is 0 Å². The van der Waals surface area contributed by atoms with Crippen LogP contribution in [-0.2, 0) is 6.54 Å². The zero-order valence-corrected chi connectivity index (χ0v) is 12.9. The first kappa shape index (κ1) is 14.2. The van der Waals surface area contributed by atoms with Crippen LogP contribution in [-0.4, -0.2) is 25.3 Å². The third-order valence-corrected chi connectivity index (χ3v) is 4.28. The molecule has 2 aromatic rings. The molecule has 1 atom stereocenters. The van der Waals surface area contributed by atoms with Gasteiger partial charge in [-0.05, 0) is 24.6 Å². The molecule has 3 rings (SSSR count). The molecule has 1 aromatic heterocycles. The Morgan fingerprint density at radius 3 is 3.00 bits per heavy atom. The maximum absolute atomic E-state index is 5.64. The number of nitrogens with zero attached hydrogens (tertiary/aromatic N) is 1. The zero-order chi connectivity index (χ0) is 14.7. The molecule has 1 aliphatic heterocycles. The molecule has 112 valence electrons. The topological polar surface area (TPSA) is 52.6 Å². The minimum absolute atomic E-state index is 0.212. The van der Waals surface area contributed by atoms with Gasteiger partial charge in [0.2, 0.25) is 5.75 Å². The molecule has 2 heterocycles. The van der Waals surface area contributed by atoms with Crippen LogP contribution in [0, 0.1) is 0 Å². The van der Waals surface area contributed by atoms with Crippen LogP contribution in [0.3, 0.4) is 0 Å². The maximum Gasteiger partial charge on any atom is 0.203 e. The fraction of sp³-hybridized carbons (Fsp3) is 0.400. The van der Waals surface area contributed by atoms with Crippen LogP contribution >= 0.6 is 11.3 Å². The van der Waals surface area contributed by atoms with E-state index in [0.29, 0.717) is 31.3 Å². The maximum atomic E-state index is 5.64. The smallest absolute Gasteiger partial charge is 0.203 e. The van der Waals surface area contributed by atoms with Crippen molar-refractivity contribution in [1.29, 1.82) is 0 Å². The van der Waals surface area contributed by atoms with Gasteiger partial charge in [0.1, 0.15) is 18.2 Å². The molecule has 5 nitrogen and oxygen atoms in total. The lowest BCUT2D eigenvalue weighted by molar-refractivity contribution is 0.165. The van der Waals surface area contributed by atoms with Crippen molar-refractivity contribution in [3.8, 4) is 17.2 Å². The van der Waals surface area contributed by atoms with Gasteiger partial charge in [-0.25, -0.2) is 4.98 Å². The third kappa shape index (κ3) is 3.11. The highest BCUT2D eigenvalue weighted by Crippen LogP contribution is 2.40. The van der Waals surface area contributed by atoms with Gasteiger partial charge in [-0.2, -0.15) is 0 Å². The molecule has 0 aliphatic carbocycles. The summed E-state index contributed by atoms with van der Waals surface area (Å²) in [7, 11) is 1.64. The second-order valence-corrected chi connectivity index (χ2v) is 5.72. The molecule has 1 unspecified atom stereocenters. The molecule has 0 bridgehead atoms. The number of methoxy groups -OCH3 is 1. The number of fused-ring (bicyclic) bond motifs is 1. The highest BCUT2D eigenvalue weighted by Gasteiger charge is 2.18. The lowest BCUT2D eigenvalue weighted by Gasteiger charge is -2.22. The second-order valence-electron chi connectivity index (χ2n) is 4.80. The van der Waals surface area contributed by atoms with Crippen LogP contribution in [0.5, 0.6) is 17.2 Å². The van der Waals surface area contributed by atoms with Crippen LogP contribution in [0.4, 0.5) is 0 Å². The molecule has 0 saturated carbocycles. The van der Waals surface area contributed by atoms with Crippen LogP contribution in [0.25, 0.3) is 0 Å². The second kappa shape index (κ2) is 6.32. The molecule has 1 aromatic carbocycles. The number of nitrogens with one attached hydrogen (secondary N) is 1. The summed E-state index contributed by atoms with van der Waals surface area (Å²) >= 11 is 1.65. The van der Waals surface area contributed by atoms with E-state index in [-0.39, 0.29) is 6.04 Å². The molecular weight excluding hydrogens is 288 g/mol. The van der Waals surface area contributed by atoms with Crippen LogP contribution < -0.4 is 19.5 Å². The summed E-state index contributed by atoms with van der Waals surface area (Å²) in [5, 5.41) is 6.53. The van der Waals surface area contributed by atoms with Gasteiger partial charge < -0.3 is 19.5 Å². The highest BCUT2D eigenvalue weighted by molar-refractivity contribution is 7.09. The SMILES string of the molecule is COc1cc(CNC(C)c2nccs2)cc2c1OCCO2. The summed E-state index contributed by atoms with van der Waals surface area (Å²) in [6.45, 7) is 3.95. The van der Waals surface area contributed by atoms with Crippen LogP contribution in [0.1, 0.15) is 23.5 Å². The van der Waals surface area contributed by atoms with Crippen molar-refractivity contribution in [2.75, 3.05) is 20.3 Å². The Morgan fingerprint density at radius 1 is 1.38 bits per heavy atom. The molecule has 0 saturated heterocycles. The van der Waals surface area contributed by atoms with Gasteiger partial charge in [-0.1, -0.05) is 0 Å². The van der Waals surface area contributed by atoms with Gasteiger partial charge in [-0.3, -0.25) is 0 Å². The summed E-state index contributed by atoms with van der Waals surface area (Å²) in [5.41, 5.74) is 1.10. The van der Waals surface area contributed by atoms with Crippen molar-refractivity contribution in [2.45, 2.75) is 19.5 Å². The molecule has 6 heteroatoms. The van der Waals surface area contributed by atoms with Crippen LogP contribution in [0.2, 0.25) is 0 Å². The highest BCUT2D eigenvalue weighted by atomic mass is 32.1. The molecule has 0 fully saturated rings. The predicted molar refractivity (Wildman–Crippen MR) is 81.4 cm³/mol. The summed E-state index contributed by atoms with van der Waals surface area (Å²) < 4.78 is 16.6. The van der Waals surface area contributed by atoms with Crippen molar-refractivity contribution >= 4 is 11.3 Å². The van der Waals surface area contributed by atoms with Crippen molar-refractivity contribution in [3.63, 3.8) is 0 Å². The fourth-order valence-electron chi connectivity index (χ4n) is 2.24. The first-order chi connectivity index (χ1) is 10.3. The van der Waals surface area contributed by atoms with Crippen molar-refractivity contribution in [1.82, 2.24) is 10.3 Å². The number of benzene rings is 1. The monoisotopic (exact) mass is 306 g/mol. The van der Waals surface area contributed by atoms with E-state index in [1.54, 1.807) is 18.4 Å². The Morgan fingerprint density at radius 2 is 2.24 bits per heavy atom. The minimum Gasteiger partial charge on any atom is -0.493 e. The number of rotatable bonds is 5. The molecule has 21 heavy (non-hydrogen) atoms. The summed E-state index contributed by atoms with van der Waals surface area (Å²) in [4.78, 5) is 4.32. The predicted octanol–water partition coefficient (Wildman–Crippen LogP) is 2.77. The van der Waals surface area contributed by atoms with E-state index in [4.69, 9.17) is 14.2 Å². The standard InChI is InChI=1S/C15H18N2O3S/c1-10(15-16-3-6-21-15)17-9-11-7-12(18-2)14-13(8-11)19-4-5-20-14/h3,6-8,10,17H,4-5,9H2,1-2H3. The quantitative estimate of drug-likeness (QED) is 0.920. The van der Waals surface area contributed by atoms with Gasteiger partial charge >= 0.3 is 0 Å². The molecular formula is C15H18N2O3S. The normalized spacial score (nSPS) is 14.8. The van der Waals surface area contributed by atoms with Gasteiger partial charge in [0, 0.05) is 18.1 Å². The summed E-state index contributed by atoms with van der Waals surface area (Å²) in [6, 6.07) is 4.19. The molecule has 0 radical (unpaired) electrons. The van der Waals surface area contributed by atoms with Gasteiger partial charge in [-0.15, -0.1) is 11.3 Å². The number of hydrogen-bond acceptors (Lipinski definition) is 6. The minimum atomic E-state index is 0.212. The van der Waals surface area contributed by atoms with Gasteiger partial charge in [0.05, 0.1) is 13.2 Å². The van der Waals surface area contributed by atoms with Crippen molar-refractivity contribution in [2.24, 2.45) is 0 Å². The molecule has 0 spiro atoms. The Balaban J connectivity index is 1.73. The van der Waals surface area contributed by atoms with Gasteiger partial charge in [0.25, 0.3) is 0 Å². The van der Waals surface area contributed by atoms with E-state index < -0.39 is 0 Å². The van der Waals surface area contributed by atoms with Gasteiger partial charge in [0.15, 0.2) is 11.5 Å². The molecule has 1 aliphatic rings. The fourth-order valence-corrected chi connectivity index (χ4v) is 2.91. The average molecular weight is 306 g/mol. The van der Waals surface area contributed by atoms with E-state index in [1.165, 1.54) is 0 Å². The number of ether oxygens (including phenoxy) is 3. The molecule has 1 N–H and O–H groups in total. The zero-order valence-electron chi connectivity index (χ0n) is 12.1. The Labute approximate surface area is 127 Å². The Kier molecular flexibility index (Phi) is 4.26. The summed E-state index contributed by atoms with van der Waals surface area (Å²) in [5.74, 6) is 2.16. The number of thiazole rings is 1. The first-order valence-corrected chi connectivity index (χ1v) is 7.75. The summed E-state index contributed by atoms with van der Waals surface area (Å²) in [6.07, 6.45) is 1.82. The third-order valence-electron chi connectivity index (χ3n) is 3.32. The number of hydrogen-bond donors (Lipinski definition) is 1. The Bertz CT molecular complexity index is 584. The first-order valence-electron chi connectivity index (χ1n) is 6.87. The van der Waals surface area contributed by atoms with E-state index in [0.717, 1.165) is 16.3 Å². The van der Waals surface area contributed by atoms with Crippen molar-refractivity contribution in [3.05, 3.63) is 34.3 Å². The van der Waals surface area contributed by atoms with E-state index >= 15 is 0 Å². The lowest BCUT2D eigenvalue weighted by Crippen LogP contribution is -2.19. The van der Waals surface area contributed by atoms with Crippen molar-refractivity contribution < 1.29 is 14.2 Å². The lowest BCUT2D eigenvalue weighted by atomic mass is 10.1. The average Bonchev–Trinajstić information content (AvgIpc) is 3.06. The largest absolute Gasteiger partial charge is 0.493 e. The van der Waals surface area contributed by atoms with E-state index in [1.807, 2.05) is 23.7 Å². The molecule has 0 amide bonds. The number of aromatic nitrogens is 1. The van der Waals surface area contributed by atoms with Crippen LogP contribution in [0.15, 0.2) is 23.7 Å².